The molecule has 0 heterocycles. The molecule has 0 aliphatic rings. The first-order valence-corrected chi connectivity index (χ1v) is 6.10. The monoisotopic (exact) mass is 358 g/mol. The second kappa shape index (κ2) is 5.30. The molecule has 0 saturated carbocycles. The van der Waals surface area contributed by atoms with Crippen molar-refractivity contribution >= 4 is 39.7 Å². The number of hydrogen-bond donors (Lipinski definition) is 1. The summed E-state index contributed by atoms with van der Waals surface area (Å²) in [6.45, 7) is 0. The van der Waals surface area contributed by atoms with Gasteiger partial charge in [-0.25, -0.2) is 4.39 Å². The molecule has 0 saturated heterocycles. The molecular formula is C12H8FIN2O2. The molecule has 6 heteroatoms. The Labute approximate surface area is 116 Å². The molecule has 2 rings (SSSR count). The van der Waals surface area contributed by atoms with Gasteiger partial charge in [0.2, 0.25) is 0 Å². The molecule has 18 heavy (non-hydrogen) atoms. The van der Waals surface area contributed by atoms with Crippen molar-refractivity contribution in [2.75, 3.05) is 5.32 Å². The maximum Gasteiger partial charge on any atom is 0.274 e. The number of halogens is 2. The van der Waals surface area contributed by atoms with E-state index < -0.39 is 10.7 Å². The van der Waals surface area contributed by atoms with Crippen molar-refractivity contribution in [3.8, 4) is 0 Å². The van der Waals surface area contributed by atoms with Gasteiger partial charge in [0, 0.05) is 15.3 Å². The van der Waals surface area contributed by atoms with E-state index in [1.165, 1.54) is 12.1 Å². The zero-order valence-corrected chi connectivity index (χ0v) is 11.2. The number of para-hydroxylation sites is 1. The Balaban J connectivity index is 2.35. The molecule has 0 aliphatic carbocycles. The summed E-state index contributed by atoms with van der Waals surface area (Å²) in [6.07, 6.45) is 0. The molecule has 2 aromatic carbocycles. The number of anilines is 2. The molecule has 1 N–H and O–H groups in total. The Morgan fingerprint density at radius 1 is 1.22 bits per heavy atom. The Morgan fingerprint density at radius 3 is 2.61 bits per heavy atom. The molecule has 2 aromatic rings. The predicted molar refractivity (Wildman–Crippen MR) is 75.5 cm³/mol. The van der Waals surface area contributed by atoms with Gasteiger partial charge in [0.15, 0.2) is 0 Å². The number of non-ortho nitro benzene ring substituents is 1. The van der Waals surface area contributed by atoms with Crippen LogP contribution in [-0.4, -0.2) is 4.92 Å². The Hall–Kier alpha value is -1.70. The number of nitrogens with zero attached hydrogens (tertiary/aromatic N) is 1. The smallest absolute Gasteiger partial charge is 0.274 e. The number of hydrogen-bond acceptors (Lipinski definition) is 3. The fourth-order valence-corrected chi connectivity index (χ4v) is 1.99. The highest BCUT2D eigenvalue weighted by molar-refractivity contribution is 14.1. The van der Waals surface area contributed by atoms with Crippen LogP contribution in [-0.2, 0) is 0 Å². The Kier molecular flexibility index (Phi) is 3.75. The minimum atomic E-state index is -0.641. The van der Waals surface area contributed by atoms with Gasteiger partial charge in [0.05, 0.1) is 16.7 Å². The zero-order chi connectivity index (χ0) is 13.1. The SMILES string of the molecule is O=[N+]([O-])c1cc(F)cc(Nc2ccccc2I)c1. The standard InChI is InChI=1S/C12H8FIN2O2/c13-8-5-9(7-10(6-8)16(17)18)15-12-4-2-1-3-11(12)14/h1-7,15H. The average Bonchev–Trinajstić information content (AvgIpc) is 2.31. The van der Waals surface area contributed by atoms with Crippen molar-refractivity contribution in [3.63, 3.8) is 0 Å². The van der Waals surface area contributed by atoms with Gasteiger partial charge >= 0.3 is 0 Å². The van der Waals surface area contributed by atoms with Crippen molar-refractivity contribution in [1.29, 1.82) is 0 Å². The van der Waals surface area contributed by atoms with Gasteiger partial charge in [-0.1, -0.05) is 12.1 Å². The topological polar surface area (TPSA) is 55.2 Å². The van der Waals surface area contributed by atoms with Crippen molar-refractivity contribution in [1.82, 2.24) is 0 Å². The van der Waals surface area contributed by atoms with E-state index in [0.717, 1.165) is 15.3 Å². The largest absolute Gasteiger partial charge is 0.354 e. The molecule has 0 atom stereocenters. The molecular weight excluding hydrogens is 350 g/mol. The second-order valence-electron chi connectivity index (χ2n) is 3.56. The van der Waals surface area contributed by atoms with Gasteiger partial charge in [-0.2, -0.15) is 0 Å². The number of rotatable bonds is 3. The number of benzene rings is 2. The maximum absolute atomic E-state index is 13.2. The summed E-state index contributed by atoms with van der Waals surface area (Å²) < 4.78 is 14.2. The van der Waals surface area contributed by atoms with E-state index in [9.17, 15) is 14.5 Å². The van der Waals surface area contributed by atoms with Crippen LogP contribution in [0.15, 0.2) is 42.5 Å². The van der Waals surface area contributed by atoms with E-state index in [1.807, 2.05) is 24.3 Å². The normalized spacial score (nSPS) is 10.1. The highest BCUT2D eigenvalue weighted by atomic mass is 127. The fourth-order valence-electron chi connectivity index (χ4n) is 1.47. The van der Waals surface area contributed by atoms with Gasteiger partial charge in [-0.3, -0.25) is 10.1 Å². The third-order valence-corrected chi connectivity index (χ3v) is 3.19. The van der Waals surface area contributed by atoms with Crippen LogP contribution in [0, 0.1) is 19.5 Å². The van der Waals surface area contributed by atoms with Crippen LogP contribution in [0.5, 0.6) is 0 Å². The summed E-state index contributed by atoms with van der Waals surface area (Å²) in [6, 6.07) is 10.8. The first-order valence-electron chi connectivity index (χ1n) is 5.03. The molecule has 0 radical (unpaired) electrons. The van der Waals surface area contributed by atoms with Crippen LogP contribution in [0.2, 0.25) is 0 Å². The van der Waals surface area contributed by atoms with E-state index in [0.29, 0.717) is 5.69 Å². The van der Waals surface area contributed by atoms with Crippen molar-refractivity contribution < 1.29 is 9.31 Å². The van der Waals surface area contributed by atoms with Crippen molar-refractivity contribution in [2.24, 2.45) is 0 Å². The first kappa shape index (κ1) is 12.7. The number of nitrogens with one attached hydrogen (secondary N) is 1. The quantitative estimate of drug-likeness (QED) is 0.511. The number of nitro benzene ring substituents is 1. The van der Waals surface area contributed by atoms with E-state index in [4.69, 9.17) is 0 Å². The third kappa shape index (κ3) is 2.95. The minimum Gasteiger partial charge on any atom is -0.354 e. The summed E-state index contributed by atoms with van der Waals surface area (Å²) in [7, 11) is 0. The predicted octanol–water partition coefficient (Wildman–Crippen LogP) is 4.08. The molecule has 0 aliphatic heterocycles. The Morgan fingerprint density at radius 2 is 1.94 bits per heavy atom. The molecule has 0 bridgehead atoms. The summed E-state index contributed by atoms with van der Waals surface area (Å²) in [5.74, 6) is -0.641. The Bertz CT molecular complexity index is 604. The lowest BCUT2D eigenvalue weighted by Crippen LogP contribution is -1.96. The van der Waals surface area contributed by atoms with Crippen molar-refractivity contribution in [3.05, 3.63) is 62.0 Å². The average molecular weight is 358 g/mol. The molecule has 0 aromatic heterocycles. The summed E-state index contributed by atoms with van der Waals surface area (Å²) in [5.41, 5.74) is 0.854. The first-order chi connectivity index (χ1) is 8.56. The van der Waals surface area contributed by atoms with E-state index in [1.54, 1.807) is 0 Å². The summed E-state index contributed by atoms with van der Waals surface area (Å²) >= 11 is 2.13. The van der Waals surface area contributed by atoms with E-state index in [2.05, 4.69) is 27.9 Å². The lowest BCUT2D eigenvalue weighted by Gasteiger charge is -2.08. The maximum atomic E-state index is 13.2. The van der Waals surface area contributed by atoms with Crippen molar-refractivity contribution in [2.45, 2.75) is 0 Å². The van der Waals surface area contributed by atoms with E-state index >= 15 is 0 Å². The molecule has 0 amide bonds. The highest BCUT2D eigenvalue weighted by Crippen LogP contribution is 2.25. The lowest BCUT2D eigenvalue weighted by molar-refractivity contribution is -0.385. The molecule has 0 fully saturated rings. The molecule has 92 valence electrons. The highest BCUT2D eigenvalue weighted by Gasteiger charge is 2.10. The molecule has 0 spiro atoms. The molecule has 4 nitrogen and oxygen atoms in total. The van der Waals surface area contributed by atoms with Gasteiger partial charge in [0.25, 0.3) is 5.69 Å². The summed E-state index contributed by atoms with van der Waals surface area (Å²) in [5, 5.41) is 13.6. The lowest BCUT2D eigenvalue weighted by atomic mass is 10.2. The number of nitro groups is 1. The van der Waals surface area contributed by atoms with Crippen LogP contribution in [0.3, 0.4) is 0 Å². The third-order valence-electron chi connectivity index (χ3n) is 2.25. The van der Waals surface area contributed by atoms with Crippen LogP contribution in [0.4, 0.5) is 21.5 Å². The van der Waals surface area contributed by atoms with Gasteiger partial charge in [-0.05, 0) is 40.8 Å². The van der Waals surface area contributed by atoms with Crippen LogP contribution in [0.25, 0.3) is 0 Å². The fraction of sp³-hybridized carbons (Fsp3) is 0. The van der Waals surface area contributed by atoms with Gasteiger partial charge in [0.1, 0.15) is 5.82 Å². The van der Waals surface area contributed by atoms with Crippen LogP contribution >= 0.6 is 22.6 Å². The molecule has 0 unspecified atom stereocenters. The summed E-state index contributed by atoms with van der Waals surface area (Å²) in [4.78, 5) is 10.0. The van der Waals surface area contributed by atoms with Crippen LogP contribution < -0.4 is 5.32 Å². The van der Waals surface area contributed by atoms with Crippen LogP contribution in [0.1, 0.15) is 0 Å². The minimum absolute atomic E-state index is 0.275. The zero-order valence-electron chi connectivity index (χ0n) is 9.06. The van der Waals surface area contributed by atoms with Gasteiger partial charge in [-0.15, -0.1) is 0 Å². The van der Waals surface area contributed by atoms with E-state index in [-0.39, 0.29) is 5.69 Å². The second-order valence-corrected chi connectivity index (χ2v) is 4.72. The van der Waals surface area contributed by atoms with Gasteiger partial charge < -0.3 is 5.32 Å².